The van der Waals surface area contributed by atoms with E-state index in [1.807, 2.05) is 25.1 Å². The van der Waals surface area contributed by atoms with Crippen molar-refractivity contribution >= 4 is 31.6 Å². The van der Waals surface area contributed by atoms with Gasteiger partial charge in [0, 0.05) is 10.7 Å². The van der Waals surface area contributed by atoms with Crippen LogP contribution in [0, 0.1) is 6.92 Å². The van der Waals surface area contributed by atoms with Crippen molar-refractivity contribution in [3.8, 4) is 0 Å². The zero-order chi connectivity index (χ0) is 13.9. The minimum atomic E-state index is -3.43. The highest BCUT2D eigenvalue weighted by Gasteiger charge is 2.12. The van der Waals surface area contributed by atoms with Crippen LogP contribution in [0.1, 0.15) is 11.1 Å². The summed E-state index contributed by atoms with van der Waals surface area (Å²) < 4.78 is 27.3. The highest BCUT2D eigenvalue weighted by Crippen LogP contribution is 2.16. The van der Waals surface area contributed by atoms with Crippen molar-refractivity contribution in [2.24, 2.45) is 0 Å². The van der Waals surface area contributed by atoms with Gasteiger partial charge < -0.3 is 0 Å². The summed E-state index contributed by atoms with van der Waals surface area (Å²) in [6, 6.07) is 9.10. The molecule has 2 rings (SSSR count). The molecule has 1 N–H and O–H groups in total. The Balaban J connectivity index is 2.15. The minimum Gasteiger partial charge on any atom is -0.282 e. The molecule has 19 heavy (non-hydrogen) atoms. The average molecular weight is 341 g/mol. The Bertz CT molecular complexity index is 633. The number of halogens is 1. The molecular weight excluding hydrogens is 328 g/mol. The first kappa shape index (κ1) is 14.0. The first-order valence-electron chi connectivity index (χ1n) is 5.61. The van der Waals surface area contributed by atoms with E-state index in [2.05, 4.69) is 25.6 Å². The number of hydrogen-bond acceptors (Lipinski definition) is 3. The highest BCUT2D eigenvalue weighted by atomic mass is 79.9. The smallest absolute Gasteiger partial charge is 0.236 e. The fourth-order valence-corrected chi connectivity index (χ4v) is 3.23. The monoisotopic (exact) mass is 340 g/mol. The van der Waals surface area contributed by atoms with Gasteiger partial charge in [-0.1, -0.05) is 29.8 Å². The number of pyridine rings is 1. The van der Waals surface area contributed by atoms with E-state index in [1.165, 1.54) is 6.20 Å². The molecule has 0 unspecified atom stereocenters. The van der Waals surface area contributed by atoms with Crippen LogP contribution in [0.15, 0.2) is 47.2 Å². The second-order valence-electron chi connectivity index (χ2n) is 4.24. The van der Waals surface area contributed by atoms with Gasteiger partial charge in [-0.3, -0.25) is 9.71 Å². The zero-order valence-corrected chi connectivity index (χ0v) is 12.7. The summed E-state index contributed by atoms with van der Waals surface area (Å²) in [4.78, 5) is 3.92. The Kier molecular flexibility index (Phi) is 4.21. The van der Waals surface area contributed by atoms with Gasteiger partial charge in [0.15, 0.2) is 0 Å². The number of rotatable bonds is 4. The average Bonchev–Trinajstić information content (AvgIpc) is 2.27. The molecule has 6 heteroatoms. The van der Waals surface area contributed by atoms with E-state index in [0.29, 0.717) is 5.69 Å². The van der Waals surface area contributed by atoms with Crippen LogP contribution in [0.25, 0.3) is 0 Å². The third kappa shape index (κ3) is 4.33. The molecule has 0 amide bonds. The maximum absolute atomic E-state index is 12.0. The molecule has 0 saturated carbocycles. The molecule has 2 aromatic rings. The Labute approximate surface area is 121 Å². The topological polar surface area (TPSA) is 59.1 Å². The van der Waals surface area contributed by atoms with Gasteiger partial charge in [0.25, 0.3) is 0 Å². The van der Waals surface area contributed by atoms with Gasteiger partial charge in [0.05, 0.1) is 17.6 Å². The summed E-state index contributed by atoms with van der Waals surface area (Å²) in [7, 11) is -3.43. The maximum atomic E-state index is 12.0. The molecule has 0 radical (unpaired) electrons. The standard InChI is InChI=1S/C13H13BrN2O2S/c1-10-3-2-4-11(5-10)9-19(17,18)16-13-6-12(14)7-15-8-13/h2-8,16H,9H2,1H3. The molecule has 1 aromatic carbocycles. The first-order valence-corrected chi connectivity index (χ1v) is 8.06. The van der Waals surface area contributed by atoms with E-state index in [-0.39, 0.29) is 5.75 Å². The van der Waals surface area contributed by atoms with Gasteiger partial charge in [-0.25, -0.2) is 8.42 Å². The van der Waals surface area contributed by atoms with Gasteiger partial charge in [-0.15, -0.1) is 0 Å². The van der Waals surface area contributed by atoms with Crippen LogP contribution >= 0.6 is 15.9 Å². The number of sulfonamides is 1. The lowest BCUT2D eigenvalue weighted by molar-refractivity contribution is 0.600. The lowest BCUT2D eigenvalue weighted by Gasteiger charge is -2.08. The molecule has 0 atom stereocenters. The van der Waals surface area contributed by atoms with Crippen LogP contribution in [0.3, 0.4) is 0 Å². The summed E-state index contributed by atoms with van der Waals surface area (Å²) in [6.45, 7) is 1.93. The normalized spacial score (nSPS) is 11.3. The van der Waals surface area contributed by atoms with Gasteiger partial charge >= 0.3 is 0 Å². The number of aromatic nitrogens is 1. The van der Waals surface area contributed by atoms with Crippen molar-refractivity contribution < 1.29 is 8.42 Å². The van der Waals surface area contributed by atoms with Gasteiger partial charge in [-0.2, -0.15) is 0 Å². The minimum absolute atomic E-state index is 0.0544. The van der Waals surface area contributed by atoms with Crippen LogP contribution in [0.4, 0.5) is 5.69 Å². The third-order valence-corrected chi connectivity index (χ3v) is 4.11. The molecule has 4 nitrogen and oxygen atoms in total. The molecule has 100 valence electrons. The summed E-state index contributed by atoms with van der Waals surface area (Å²) in [5.74, 6) is -0.0544. The molecule has 1 heterocycles. The van der Waals surface area contributed by atoms with E-state index in [0.717, 1.165) is 15.6 Å². The van der Waals surface area contributed by atoms with Crippen molar-refractivity contribution in [3.63, 3.8) is 0 Å². The Hall–Kier alpha value is -1.40. The van der Waals surface area contributed by atoms with Gasteiger partial charge in [-0.05, 0) is 34.5 Å². The lowest BCUT2D eigenvalue weighted by atomic mass is 10.2. The van der Waals surface area contributed by atoms with Crippen molar-refractivity contribution in [2.45, 2.75) is 12.7 Å². The summed E-state index contributed by atoms with van der Waals surface area (Å²) in [5.41, 5.74) is 2.24. The van der Waals surface area contributed by atoms with Gasteiger partial charge in [0.2, 0.25) is 10.0 Å². The fraction of sp³-hybridized carbons (Fsp3) is 0.154. The van der Waals surface area contributed by atoms with E-state index < -0.39 is 10.0 Å². The van der Waals surface area contributed by atoms with E-state index in [9.17, 15) is 8.42 Å². The number of aryl methyl sites for hydroxylation is 1. The van der Waals surface area contributed by atoms with E-state index >= 15 is 0 Å². The van der Waals surface area contributed by atoms with Crippen molar-refractivity contribution in [1.29, 1.82) is 0 Å². The number of hydrogen-bond donors (Lipinski definition) is 1. The van der Waals surface area contributed by atoms with Crippen LogP contribution in [0.5, 0.6) is 0 Å². The first-order chi connectivity index (χ1) is 8.94. The molecule has 0 aliphatic heterocycles. The third-order valence-electron chi connectivity index (χ3n) is 2.42. The van der Waals surface area contributed by atoms with Crippen LogP contribution in [-0.2, 0) is 15.8 Å². The van der Waals surface area contributed by atoms with Crippen LogP contribution in [0.2, 0.25) is 0 Å². The second-order valence-corrected chi connectivity index (χ2v) is 6.88. The van der Waals surface area contributed by atoms with Crippen LogP contribution < -0.4 is 4.72 Å². The molecule has 0 aliphatic rings. The Morgan fingerprint density at radius 2 is 2.05 bits per heavy atom. The quantitative estimate of drug-likeness (QED) is 0.930. The van der Waals surface area contributed by atoms with Gasteiger partial charge in [0.1, 0.15) is 0 Å². The van der Waals surface area contributed by atoms with Crippen LogP contribution in [-0.4, -0.2) is 13.4 Å². The summed E-state index contributed by atoms with van der Waals surface area (Å²) in [6.07, 6.45) is 3.07. The predicted molar refractivity (Wildman–Crippen MR) is 79.4 cm³/mol. The SMILES string of the molecule is Cc1cccc(CS(=O)(=O)Nc2cncc(Br)c2)c1. The van der Waals surface area contributed by atoms with Crippen molar-refractivity contribution in [1.82, 2.24) is 4.98 Å². The predicted octanol–water partition coefficient (Wildman–Crippen LogP) is 3.09. The number of benzene rings is 1. The second kappa shape index (κ2) is 5.71. The molecule has 0 fully saturated rings. The van der Waals surface area contributed by atoms with Crippen molar-refractivity contribution in [2.75, 3.05) is 4.72 Å². The molecule has 0 aliphatic carbocycles. The van der Waals surface area contributed by atoms with E-state index in [1.54, 1.807) is 18.3 Å². The molecule has 0 spiro atoms. The number of nitrogens with zero attached hydrogens (tertiary/aromatic N) is 1. The summed E-state index contributed by atoms with van der Waals surface area (Å²) >= 11 is 3.25. The summed E-state index contributed by atoms with van der Waals surface area (Å²) in [5, 5.41) is 0. The molecular formula is C13H13BrN2O2S. The highest BCUT2D eigenvalue weighted by molar-refractivity contribution is 9.10. The number of nitrogens with one attached hydrogen (secondary N) is 1. The number of anilines is 1. The zero-order valence-electron chi connectivity index (χ0n) is 10.3. The fourth-order valence-electron chi connectivity index (χ4n) is 1.70. The molecule has 1 aromatic heterocycles. The van der Waals surface area contributed by atoms with Crippen molar-refractivity contribution in [3.05, 3.63) is 58.3 Å². The lowest BCUT2D eigenvalue weighted by Crippen LogP contribution is -2.15. The Morgan fingerprint density at radius 1 is 1.26 bits per heavy atom. The molecule has 0 bridgehead atoms. The molecule has 0 saturated heterocycles. The largest absolute Gasteiger partial charge is 0.282 e. The maximum Gasteiger partial charge on any atom is 0.236 e. The Morgan fingerprint density at radius 3 is 2.74 bits per heavy atom. The van der Waals surface area contributed by atoms with E-state index in [4.69, 9.17) is 0 Å².